The lowest BCUT2D eigenvalue weighted by atomic mass is 10.0. The van der Waals surface area contributed by atoms with Crippen molar-refractivity contribution >= 4 is 17.9 Å². The normalized spacial score (nSPS) is 12.6. The molecule has 0 radical (unpaired) electrons. The van der Waals surface area contributed by atoms with E-state index in [1.54, 1.807) is 0 Å². The zero-order valence-electron chi connectivity index (χ0n) is 42.7. The highest BCUT2D eigenvalue weighted by molar-refractivity contribution is 5.71. The van der Waals surface area contributed by atoms with Gasteiger partial charge < -0.3 is 14.2 Å². The second-order valence-electron chi connectivity index (χ2n) is 18.1. The number of hydrogen-bond donors (Lipinski definition) is 0. The lowest BCUT2D eigenvalue weighted by molar-refractivity contribution is -0.167. The average Bonchev–Trinajstić information content (AvgIpc) is 3.30. The third-order valence-corrected chi connectivity index (χ3v) is 11.7. The number of allylic oxidation sites excluding steroid dienone is 12. The Balaban J connectivity index is 4.44. The second-order valence-corrected chi connectivity index (χ2v) is 18.1. The SMILES string of the molecule is CC/C=C\C/C=C\C/C=C\CCCCCCCC(=O)O[C@H](COC(=O)CCCC/C=C\C/C=C\C/C=C\CCCCC)COC(=O)CCCCCCCCCCCCCCCCCCC. The van der Waals surface area contributed by atoms with Gasteiger partial charge >= 0.3 is 17.9 Å². The molecular weight excluding hydrogens is 805 g/mol. The molecule has 0 aromatic heterocycles. The number of hydrogen-bond acceptors (Lipinski definition) is 6. The van der Waals surface area contributed by atoms with E-state index in [9.17, 15) is 14.4 Å². The quantitative estimate of drug-likeness (QED) is 0.0262. The Kier molecular flexibility index (Phi) is 50.9. The molecule has 0 aliphatic heterocycles. The van der Waals surface area contributed by atoms with Crippen LogP contribution >= 0.6 is 0 Å². The molecular formula is C59H102O6. The Morgan fingerprint density at radius 1 is 0.323 bits per heavy atom. The molecule has 6 nitrogen and oxygen atoms in total. The Labute approximate surface area is 402 Å². The predicted molar refractivity (Wildman–Crippen MR) is 279 cm³/mol. The van der Waals surface area contributed by atoms with Crippen LogP contribution in [0.15, 0.2) is 72.9 Å². The topological polar surface area (TPSA) is 78.9 Å². The van der Waals surface area contributed by atoms with Crippen molar-refractivity contribution in [2.75, 3.05) is 13.2 Å². The molecule has 0 aromatic rings. The fraction of sp³-hybridized carbons (Fsp3) is 0.746. The summed E-state index contributed by atoms with van der Waals surface area (Å²) in [6.07, 6.45) is 67.5. The zero-order valence-corrected chi connectivity index (χ0v) is 42.7. The summed E-state index contributed by atoms with van der Waals surface area (Å²) in [6, 6.07) is 0. The number of carbonyl (C=O) groups is 3. The first-order chi connectivity index (χ1) is 32.0. The summed E-state index contributed by atoms with van der Waals surface area (Å²) in [7, 11) is 0. The molecule has 0 saturated heterocycles. The fourth-order valence-corrected chi connectivity index (χ4v) is 7.58. The third-order valence-electron chi connectivity index (χ3n) is 11.7. The molecule has 0 aliphatic carbocycles. The molecule has 1 atom stereocenters. The molecule has 0 saturated carbocycles. The summed E-state index contributed by atoms with van der Waals surface area (Å²) < 4.78 is 16.8. The maximum Gasteiger partial charge on any atom is 0.306 e. The van der Waals surface area contributed by atoms with Crippen molar-refractivity contribution in [1.29, 1.82) is 0 Å². The molecule has 0 unspecified atom stereocenters. The largest absolute Gasteiger partial charge is 0.462 e. The van der Waals surface area contributed by atoms with Crippen molar-refractivity contribution in [2.24, 2.45) is 0 Å². The van der Waals surface area contributed by atoms with E-state index in [2.05, 4.69) is 93.7 Å². The van der Waals surface area contributed by atoms with Gasteiger partial charge in [-0.15, -0.1) is 0 Å². The Morgan fingerprint density at radius 3 is 1.00 bits per heavy atom. The molecule has 0 aliphatic rings. The van der Waals surface area contributed by atoms with Gasteiger partial charge in [0.05, 0.1) is 0 Å². The van der Waals surface area contributed by atoms with Crippen LogP contribution in [0, 0.1) is 0 Å². The molecule has 0 aromatic carbocycles. The fourth-order valence-electron chi connectivity index (χ4n) is 7.58. The van der Waals surface area contributed by atoms with E-state index in [4.69, 9.17) is 14.2 Å². The van der Waals surface area contributed by atoms with Gasteiger partial charge in [0.25, 0.3) is 0 Å². The minimum atomic E-state index is -0.798. The molecule has 0 heterocycles. The first-order valence-corrected chi connectivity index (χ1v) is 27.4. The molecule has 0 spiro atoms. The monoisotopic (exact) mass is 907 g/mol. The predicted octanol–water partition coefficient (Wildman–Crippen LogP) is 18.2. The van der Waals surface area contributed by atoms with Gasteiger partial charge in [0.15, 0.2) is 6.10 Å². The van der Waals surface area contributed by atoms with Crippen molar-refractivity contribution in [3.8, 4) is 0 Å². The van der Waals surface area contributed by atoms with Crippen molar-refractivity contribution in [3.05, 3.63) is 72.9 Å². The van der Waals surface area contributed by atoms with Gasteiger partial charge in [-0.25, -0.2) is 0 Å². The van der Waals surface area contributed by atoms with Crippen LogP contribution in [0.25, 0.3) is 0 Å². The van der Waals surface area contributed by atoms with E-state index in [1.807, 2.05) is 0 Å². The standard InChI is InChI=1S/C59H102O6/c1-4-7-10-13-16-19-22-25-28-29-32-34-37-40-43-46-49-52-58(61)64-55-56(65-59(62)53-50-47-44-41-38-35-31-27-24-21-18-15-12-9-6-3)54-63-57(60)51-48-45-42-39-36-33-30-26-23-20-17-14-11-8-5-2/h9,12,17-18,20-21,26-27,30-31,36,39,56H,4-8,10-11,13-16,19,22-25,28-29,32-35,37-38,40-55H2,1-3H3/b12-9-,20-17-,21-18-,30-26-,31-27-,39-36-/t56-/m1/s1. The summed E-state index contributed by atoms with van der Waals surface area (Å²) >= 11 is 0. The maximum atomic E-state index is 12.8. The highest BCUT2D eigenvalue weighted by Gasteiger charge is 2.19. The summed E-state index contributed by atoms with van der Waals surface area (Å²) in [5.74, 6) is -0.943. The zero-order chi connectivity index (χ0) is 47.2. The number of ether oxygens (including phenoxy) is 3. The first-order valence-electron chi connectivity index (χ1n) is 27.4. The van der Waals surface area contributed by atoms with Crippen molar-refractivity contribution in [3.63, 3.8) is 0 Å². The summed E-state index contributed by atoms with van der Waals surface area (Å²) in [5, 5.41) is 0. The Morgan fingerprint density at radius 2 is 0.600 bits per heavy atom. The van der Waals surface area contributed by atoms with Crippen LogP contribution in [0.5, 0.6) is 0 Å². The lowest BCUT2D eigenvalue weighted by Crippen LogP contribution is -2.30. The van der Waals surface area contributed by atoms with Crippen LogP contribution in [0.2, 0.25) is 0 Å². The van der Waals surface area contributed by atoms with Crippen LogP contribution in [0.1, 0.15) is 265 Å². The summed E-state index contributed by atoms with van der Waals surface area (Å²) in [6.45, 7) is 6.47. The molecule has 0 amide bonds. The van der Waals surface area contributed by atoms with Crippen LogP contribution in [-0.2, 0) is 28.6 Å². The minimum absolute atomic E-state index is 0.0927. The highest BCUT2D eigenvalue weighted by Crippen LogP contribution is 2.15. The molecule has 0 rings (SSSR count). The Hall–Kier alpha value is -3.15. The minimum Gasteiger partial charge on any atom is -0.462 e. The van der Waals surface area contributed by atoms with Crippen LogP contribution in [0.4, 0.5) is 0 Å². The van der Waals surface area contributed by atoms with Crippen molar-refractivity contribution in [1.82, 2.24) is 0 Å². The van der Waals surface area contributed by atoms with E-state index >= 15 is 0 Å². The summed E-state index contributed by atoms with van der Waals surface area (Å²) in [4.78, 5) is 38.1. The Bertz CT molecular complexity index is 1230. The van der Waals surface area contributed by atoms with Gasteiger partial charge in [0.1, 0.15) is 13.2 Å². The summed E-state index contributed by atoms with van der Waals surface area (Å²) in [5.41, 5.74) is 0. The molecule has 0 N–H and O–H groups in total. The van der Waals surface area contributed by atoms with Gasteiger partial charge in [-0.05, 0) is 89.9 Å². The first kappa shape index (κ1) is 61.9. The second kappa shape index (κ2) is 53.5. The maximum absolute atomic E-state index is 12.8. The van der Waals surface area contributed by atoms with E-state index < -0.39 is 6.10 Å². The van der Waals surface area contributed by atoms with Gasteiger partial charge in [-0.3, -0.25) is 14.4 Å². The highest BCUT2D eigenvalue weighted by atomic mass is 16.6. The van der Waals surface area contributed by atoms with E-state index in [1.165, 1.54) is 116 Å². The van der Waals surface area contributed by atoms with Crippen LogP contribution in [-0.4, -0.2) is 37.2 Å². The average molecular weight is 907 g/mol. The van der Waals surface area contributed by atoms with E-state index in [-0.39, 0.29) is 31.1 Å². The number of carbonyl (C=O) groups excluding carboxylic acids is 3. The van der Waals surface area contributed by atoms with E-state index in [0.717, 1.165) is 109 Å². The molecule has 6 heteroatoms. The van der Waals surface area contributed by atoms with Crippen molar-refractivity contribution < 1.29 is 28.6 Å². The third kappa shape index (κ3) is 51.7. The van der Waals surface area contributed by atoms with E-state index in [0.29, 0.717) is 19.3 Å². The van der Waals surface area contributed by atoms with Gasteiger partial charge in [0.2, 0.25) is 0 Å². The van der Waals surface area contributed by atoms with Crippen molar-refractivity contribution in [2.45, 2.75) is 271 Å². The number of rotatable bonds is 49. The smallest absolute Gasteiger partial charge is 0.306 e. The molecule has 0 fully saturated rings. The van der Waals surface area contributed by atoms with Crippen LogP contribution in [0.3, 0.4) is 0 Å². The van der Waals surface area contributed by atoms with Crippen LogP contribution < -0.4 is 0 Å². The van der Waals surface area contributed by atoms with Gasteiger partial charge in [-0.1, -0.05) is 229 Å². The van der Waals surface area contributed by atoms with Gasteiger partial charge in [0, 0.05) is 19.3 Å². The molecule has 374 valence electrons. The molecule has 0 bridgehead atoms. The number of unbranched alkanes of at least 4 members (excludes halogenated alkanes) is 26. The molecule has 65 heavy (non-hydrogen) atoms. The lowest BCUT2D eigenvalue weighted by Gasteiger charge is -2.18. The number of esters is 3. The van der Waals surface area contributed by atoms with Gasteiger partial charge in [-0.2, -0.15) is 0 Å².